The first-order valence-electron chi connectivity index (χ1n) is 10.8. The van der Waals surface area contributed by atoms with Crippen molar-refractivity contribution < 1.29 is 9.47 Å². The Hall–Kier alpha value is -4.18. The molecule has 0 saturated carbocycles. The first kappa shape index (κ1) is 22.6. The minimum Gasteiger partial charge on any atom is -0.493 e. The molecule has 0 aliphatic carbocycles. The van der Waals surface area contributed by atoms with Crippen molar-refractivity contribution in [1.82, 2.24) is 29.8 Å². The Kier molecular flexibility index (Phi) is 6.19. The summed E-state index contributed by atoms with van der Waals surface area (Å²) < 4.78 is 14.1. The van der Waals surface area contributed by atoms with Crippen LogP contribution in [-0.2, 0) is 0 Å². The van der Waals surface area contributed by atoms with Gasteiger partial charge in [-0.1, -0.05) is 42.1 Å². The van der Waals surface area contributed by atoms with Crippen LogP contribution in [-0.4, -0.2) is 44.0 Å². The van der Waals surface area contributed by atoms with Crippen molar-refractivity contribution >= 4 is 22.7 Å². The van der Waals surface area contributed by atoms with Gasteiger partial charge in [0.25, 0.3) is 5.56 Å². The van der Waals surface area contributed by atoms with Crippen molar-refractivity contribution in [2.24, 2.45) is 0 Å². The van der Waals surface area contributed by atoms with Crippen molar-refractivity contribution in [1.29, 1.82) is 0 Å². The Labute approximate surface area is 205 Å². The zero-order chi connectivity index (χ0) is 24.4. The summed E-state index contributed by atoms with van der Waals surface area (Å²) in [4.78, 5) is 18.5. The lowest BCUT2D eigenvalue weighted by atomic mass is 10.2. The summed E-state index contributed by atoms with van der Waals surface area (Å²) in [5.41, 5.74) is 1.90. The quantitative estimate of drug-likeness (QED) is 0.249. The summed E-state index contributed by atoms with van der Waals surface area (Å²) in [5.74, 6) is 1.73. The standard InChI is InChI=1S/C25H22N6O3S/c1-16(23-27-28-29-31(23)17-9-5-4-6-10-17)35-25-26-20-12-8-7-11-19(20)24(32)30(25)18-13-14-21(33-2)22(15-18)34-3/h4-16H,1-3H3/t16-/m1/s1. The van der Waals surface area contributed by atoms with Gasteiger partial charge in [0.05, 0.1) is 41.7 Å². The third-order valence-electron chi connectivity index (χ3n) is 5.51. The van der Waals surface area contributed by atoms with E-state index in [-0.39, 0.29) is 10.8 Å². The van der Waals surface area contributed by atoms with Crippen molar-refractivity contribution in [2.45, 2.75) is 17.3 Å². The Morgan fingerprint density at radius 1 is 0.886 bits per heavy atom. The SMILES string of the molecule is COc1ccc(-n2c(S[C@H](C)c3nnnn3-c3ccccc3)nc3ccccc3c2=O)cc1OC. The molecular formula is C25H22N6O3S. The molecule has 0 aliphatic heterocycles. The molecule has 0 amide bonds. The number of ether oxygens (including phenoxy) is 2. The maximum atomic E-state index is 13.7. The molecule has 2 aromatic heterocycles. The van der Waals surface area contributed by atoms with E-state index in [9.17, 15) is 4.79 Å². The second-order valence-electron chi connectivity index (χ2n) is 7.64. The maximum Gasteiger partial charge on any atom is 0.266 e. The van der Waals surface area contributed by atoms with Crippen LogP contribution in [0.3, 0.4) is 0 Å². The van der Waals surface area contributed by atoms with Gasteiger partial charge in [-0.2, -0.15) is 4.68 Å². The van der Waals surface area contributed by atoms with Crippen molar-refractivity contribution in [3.8, 4) is 22.9 Å². The van der Waals surface area contributed by atoms with Crippen LogP contribution in [0.25, 0.3) is 22.3 Å². The summed E-state index contributed by atoms with van der Waals surface area (Å²) in [6, 6.07) is 22.3. The Morgan fingerprint density at radius 2 is 1.63 bits per heavy atom. The number of aromatic nitrogens is 6. The van der Waals surface area contributed by atoms with Crippen LogP contribution in [0.5, 0.6) is 11.5 Å². The monoisotopic (exact) mass is 486 g/mol. The summed E-state index contributed by atoms with van der Waals surface area (Å²) >= 11 is 1.40. The number of methoxy groups -OCH3 is 2. The van der Waals surface area contributed by atoms with E-state index in [1.165, 1.54) is 11.8 Å². The topological polar surface area (TPSA) is 97.0 Å². The third-order valence-corrected chi connectivity index (χ3v) is 6.56. The molecule has 0 radical (unpaired) electrons. The Balaban J connectivity index is 1.63. The van der Waals surface area contributed by atoms with Gasteiger partial charge in [0.15, 0.2) is 22.5 Å². The summed E-state index contributed by atoms with van der Waals surface area (Å²) in [7, 11) is 3.13. The highest BCUT2D eigenvalue weighted by Crippen LogP contribution is 2.36. The smallest absolute Gasteiger partial charge is 0.266 e. The van der Waals surface area contributed by atoms with E-state index in [0.717, 1.165) is 5.69 Å². The zero-order valence-electron chi connectivity index (χ0n) is 19.3. The largest absolute Gasteiger partial charge is 0.493 e. The second-order valence-corrected chi connectivity index (χ2v) is 8.94. The van der Waals surface area contributed by atoms with E-state index in [4.69, 9.17) is 14.5 Å². The van der Waals surface area contributed by atoms with Gasteiger partial charge in [0.2, 0.25) is 0 Å². The Bertz CT molecular complexity index is 1550. The second kappa shape index (κ2) is 9.59. The first-order valence-corrected chi connectivity index (χ1v) is 11.7. The molecule has 3 aromatic carbocycles. The van der Waals surface area contributed by atoms with Crippen molar-refractivity contribution in [3.05, 3.63) is 89.0 Å². The van der Waals surface area contributed by atoms with Crippen LogP contribution in [0.15, 0.2) is 82.7 Å². The van der Waals surface area contributed by atoms with Crippen LogP contribution < -0.4 is 15.0 Å². The minimum absolute atomic E-state index is 0.180. The highest BCUT2D eigenvalue weighted by atomic mass is 32.2. The maximum absolute atomic E-state index is 13.7. The summed E-state index contributed by atoms with van der Waals surface area (Å²) in [5, 5.41) is 13.1. The summed E-state index contributed by atoms with van der Waals surface area (Å²) in [6.07, 6.45) is 0. The van der Waals surface area contributed by atoms with Gasteiger partial charge in [0, 0.05) is 6.07 Å². The molecule has 35 heavy (non-hydrogen) atoms. The average Bonchev–Trinajstić information content (AvgIpc) is 3.39. The zero-order valence-corrected chi connectivity index (χ0v) is 20.1. The van der Waals surface area contributed by atoms with Gasteiger partial charge in [-0.3, -0.25) is 9.36 Å². The number of fused-ring (bicyclic) bond motifs is 1. The fourth-order valence-electron chi connectivity index (χ4n) is 3.79. The number of tetrazole rings is 1. The van der Waals surface area contributed by atoms with Crippen LogP contribution in [0.2, 0.25) is 0 Å². The molecule has 9 nitrogen and oxygen atoms in total. The molecule has 5 rings (SSSR count). The van der Waals surface area contributed by atoms with E-state index in [1.807, 2.05) is 61.5 Å². The lowest BCUT2D eigenvalue weighted by Gasteiger charge is -2.17. The molecule has 176 valence electrons. The molecule has 2 heterocycles. The summed E-state index contributed by atoms with van der Waals surface area (Å²) in [6.45, 7) is 1.98. The number of para-hydroxylation sites is 2. The lowest BCUT2D eigenvalue weighted by Crippen LogP contribution is -2.22. The highest BCUT2D eigenvalue weighted by molar-refractivity contribution is 7.99. The third kappa shape index (κ3) is 4.24. The van der Waals surface area contributed by atoms with Crippen molar-refractivity contribution in [2.75, 3.05) is 14.2 Å². The van der Waals surface area contributed by atoms with Gasteiger partial charge in [-0.05, 0) is 53.7 Å². The van der Waals surface area contributed by atoms with Crippen LogP contribution in [0, 0.1) is 0 Å². The van der Waals surface area contributed by atoms with E-state index in [0.29, 0.717) is 39.1 Å². The first-order chi connectivity index (χ1) is 17.1. The molecule has 10 heteroatoms. The molecule has 5 aromatic rings. The molecule has 0 unspecified atom stereocenters. The average molecular weight is 487 g/mol. The fraction of sp³-hybridized carbons (Fsp3) is 0.160. The van der Waals surface area contributed by atoms with Crippen molar-refractivity contribution in [3.63, 3.8) is 0 Å². The predicted octanol–water partition coefficient (Wildman–Crippen LogP) is 4.23. The number of nitrogens with zero attached hydrogens (tertiary/aromatic N) is 6. The molecule has 0 aliphatic rings. The predicted molar refractivity (Wildman–Crippen MR) is 134 cm³/mol. The fourth-order valence-corrected chi connectivity index (χ4v) is 4.81. The molecular weight excluding hydrogens is 464 g/mol. The minimum atomic E-state index is -0.218. The van der Waals surface area contributed by atoms with Gasteiger partial charge in [-0.15, -0.1) is 5.10 Å². The van der Waals surface area contributed by atoms with E-state index < -0.39 is 0 Å². The van der Waals surface area contributed by atoms with Crippen LogP contribution >= 0.6 is 11.8 Å². The number of thioether (sulfide) groups is 1. The molecule has 0 fully saturated rings. The van der Waals surface area contributed by atoms with Gasteiger partial charge < -0.3 is 9.47 Å². The number of benzene rings is 3. The van der Waals surface area contributed by atoms with Gasteiger partial charge in [0.1, 0.15) is 0 Å². The molecule has 0 saturated heterocycles. The van der Waals surface area contributed by atoms with Crippen LogP contribution in [0.4, 0.5) is 0 Å². The highest BCUT2D eigenvalue weighted by Gasteiger charge is 2.22. The van der Waals surface area contributed by atoms with E-state index in [1.54, 1.807) is 41.7 Å². The molecule has 0 N–H and O–H groups in total. The van der Waals surface area contributed by atoms with Gasteiger partial charge in [-0.25, -0.2) is 4.98 Å². The van der Waals surface area contributed by atoms with Crippen LogP contribution in [0.1, 0.15) is 18.0 Å². The number of rotatable bonds is 7. The Morgan fingerprint density at radius 3 is 2.40 bits per heavy atom. The molecule has 0 spiro atoms. The number of hydrogen-bond acceptors (Lipinski definition) is 8. The lowest BCUT2D eigenvalue weighted by molar-refractivity contribution is 0.354. The molecule has 0 bridgehead atoms. The van der Waals surface area contributed by atoms with Gasteiger partial charge >= 0.3 is 0 Å². The van der Waals surface area contributed by atoms with E-state index >= 15 is 0 Å². The molecule has 1 atom stereocenters. The normalized spacial score (nSPS) is 12.0. The number of hydrogen-bond donors (Lipinski definition) is 0. The van der Waals surface area contributed by atoms with E-state index in [2.05, 4.69) is 15.5 Å².